The quantitative estimate of drug-likeness (QED) is 0.806. The molecule has 3 rings (SSSR count). The van der Waals surface area contributed by atoms with Gasteiger partial charge < -0.3 is 5.73 Å². The largest absolute Gasteiger partial charge is 0.398 e. The number of nitrogens with two attached hydrogens (primary N) is 1. The van der Waals surface area contributed by atoms with Gasteiger partial charge in [-0.1, -0.05) is 6.07 Å². The molecule has 0 radical (unpaired) electrons. The summed E-state index contributed by atoms with van der Waals surface area (Å²) in [7, 11) is 0. The van der Waals surface area contributed by atoms with Crippen LogP contribution >= 0.6 is 15.9 Å². The maximum atomic E-state index is 5.82. The van der Waals surface area contributed by atoms with Crippen molar-refractivity contribution in [2.24, 2.45) is 9.98 Å². The minimum Gasteiger partial charge on any atom is -0.398 e. The fraction of sp³-hybridized carbons (Fsp3) is 0.0833. The van der Waals surface area contributed by atoms with Crippen molar-refractivity contribution in [1.29, 1.82) is 0 Å². The Bertz CT molecular complexity index is 682. The van der Waals surface area contributed by atoms with Gasteiger partial charge in [0.05, 0.1) is 9.83 Å². The van der Waals surface area contributed by atoms with Gasteiger partial charge >= 0.3 is 0 Å². The Labute approximate surface area is 106 Å². The lowest BCUT2D eigenvalue weighted by Gasteiger charge is -2.01. The van der Waals surface area contributed by atoms with Gasteiger partial charge in [0.1, 0.15) is 5.36 Å². The minimum absolute atomic E-state index is 0.211. The van der Waals surface area contributed by atoms with E-state index in [9.17, 15) is 0 Å². The molecule has 1 aromatic carbocycles. The van der Waals surface area contributed by atoms with Gasteiger partial charge in [0.15, 0.2) is 6.17 Å². The molecular formula is C12H9BrN4. The zero-order chi connectivity index (χ0) is 11.8. The Kier molecular flexibility index (Phi) is 2.40. The number of hydrogen-bond donors (Lipinski definition) is 1. The van der Waals surface area contributed by atoms with Gasteiger partial charge in [-0.15, -0.1) is 0 Å². The van der Waals surface area contributed by atoms with Gasteiger partial charge in [-0.05, 0) is 34.1 Å². The van der Waals surface area contributed by atoms with Crippen molar-refractivity contribution >= 4 is 21.6 Å². The van der Waals surface area contributed by atoms with E-state index >= 15 is 0 Å². The van der Waals surface area contributed by atoms with Crippen molar-refractivity contribution in [3.05, 3.63) is 57.4 Å². The summed E-state index contributed by atoms with van der Waals surface area (Å²) in [5.74, 6) is 0. The lowest BCUT2D eigenvalue weighted by Crippen LogP contribution is -2.23. The van der Waals surface area contributed by atoms with Crippen molar-refractivity contribution in [1.82, 2.24) is 4.98 Å². The Morgan fingerprint density at radius 3 is 2.82 bits per heavy atom. The van der Waals surface area contributed by atoms with Crippen LogP contribution in [0.25, 0.3) is 0 Å². The van der Waals surface area contributed by atoms with Crippen molar-refractivity contribution in [3.63, 3.8) is 0 Å². The average Bonchev–Trinajstić information content (AvgIpc) is 2.80. The van der Waals surface area contributed by atoms with Crippen molar-refractivity contribution < 1.29 is 0 Å². The van der Waals surface area contributed by atoms with E-state index in [1.165, 1.54) is 0 Å². The molecule has 0 saturated carbocycles. The second-order valence-corrected chi connectivity index (χ2v) is 4.55. The summed E-state index contributed by atoms with van der Waals surface area (Å²) in [6.45, 7) is 0. The van der Waals surface area contributed by atoms with Crippen LogP contribution in [-0.4, -0.2) is 4.98 Å². The van der Waals surface area contributed by atoms with Gasteiger partial charge in [-0.25, -0.2) is 0 Å². The topological polar surface area (TPSA) is 63.6 Å². The van der Waals surface area contributed by atoms with E-state index in [1.807, 2.05) is 24.3 Å². The van der Waals surface area contributed by atoms with E-state index in [1.54, 1.807) is 12.4 Å². The molecule has 0 aliphatic carbocycles. The number of hydrogen-bond acceptors (Lipinski definition) is 4. The van der Waals surface area contributed by atoms with E-state index < -0.39 is 0 Å². The number of pyridine rings is 1. The summed E-state index contributed by atoms with van der Waals surface area (Å²) in [4.78, 5) is 13.2. The van der Waals surface area contributed by atoms with Crippen LogP contribution in [-0.2, 0) is 0 Å². The molecule has 84 valence electrons. The molecule has 0 saturated heterocycles. The summed E-state index contributed by atoms with van der Waals surface area (Å²) in [6, 6.07) is 7.56. The third-order valence-corrected chi connectivity index (χ3v) is 3.45. The summed E-state index contributed by atoms with van der Waals surface area (Å²) in [5, 5.41) is 1.68. The highest BCUT2D eigenvalue weighted by Crippen LogP contribution is 2.20. The van der Waals surface area contributed by atoms with Crippen LogP contribution in [0, 0.1) is 0 Å². The predicted octanol–water partition coefficient (Wildman–Crippen LogP) is 1.38. The first-order valence-electron chi connectivity index (χ1n) is 5.15. The number of anilines is 1. The van der Waals surface area contributed by atoms with Crippen molar-refractivity contribution in [2.75, 3.05) is 5.73 Å². The number of fused-ring (bicyclic) bond motifs is 1. The van der Waals surface area contributed by atoms with E-state index in [-0.39, 0.29) is 6.17 Å². The molecule has 5 heteroatoms. The number of aromatic nitrogens is 1. The lowest BCUT2D eigenvalue weighted by molar-refractivity contribution is 0.766. The summed E-state index contributed by atoms with van der Waals surface area (Å²) in [6.07, 6.45) is 3.30. The molecule has 0 spiro atoms. The predicted molar refractivity (Wildman–Crippen MR) is 67.8 cm³/mol. The van der Waals surface area contributed by atoms with E-state index in [0.29, 0.717) is 5.69 Å². The van der Waals surface area contributed by atoms with E-state index in [4.69, 9.17) is 5.73 Å². The molecule has 0 unspecified atom stereocenters. The highest BCUT2D eigenvalue weighted by Gasteiger charge is 2.14. The first-order valence-corrected chi connectivity index (χ1v) is 5.94. The Balaban J connectivity index is 2.17. The molecule has 2 heterocycles. The normalized spacial score (nSPS) is 17.1. The number of halogens is 1. The summed E-state index contributed by atoms with van der Waals surface area (Å²) in [5.41, 5.74) is 7.47. The second-order valence-electron chi connectivity index (χ2n) is 3.75. The molecule has 1 aliphatic heterocycles. The Hall–Kier alpha value is -1.75. The van der Waals surface area contributed by atoms with Crippen LogP contribution in [0.2, 0.25) is 0 Å². The number of benzene rings is 1. The highest BCUT2D eigenvalue weighted by atomic mass is 79.9. The molecule has 0 amide bonds. The smallest absolute Gasteiger partial charge is 0.168 e. The maximum absolute atomic E-state index is 5.82. The van der Waals surface area contributed by atoms with E-state index in [2.05, 4.69) is 30.9 Å². The molecule has 1 atom stereocenters. The molecule has 2 N–H and O–H groups in total. The van der Waals surface area contributed by atoms with E-state index in [0.717, 1.165) is 20.8 Å². The van der Waals surface area contributed by atoms with Crippen LogP contribution in [0.3, 0.4) is 0 Å². The monoisotopic (exact) mass is 288 g/mol. The SMILES string of the molecule is Nc1ccc2c(c1Br)=N[C@@H](c1cccnc1)N=2. The zero-order valence-electron chi connectivity index (χ0n) is 8.84. The Morgan fingerprint density at radius 1 is 1.18 bits per heavy atom. The standard InChI is InChI=1S/C12H9BrN4/c13-10-8(14)3-4-9-11(10)17-12(16-9)7-2-1-5-15-6-7/h1-6,12H,14H2/t12-/m0/s1. The van der Waals surface area contributed by atoms with Crippen LogP contribution in [0.5, 0.6) is 0 Å². The number of nitrogens with zero attached hydrogens (tertiary/aromatic N) is 3. The fourth-order valence-electron chi connectivity index (χ4n) is 1.76. The van der Waals surface area contributed by atoms with Crippen LogP contribution in [0.4, 0.5) is 5.69 Å². The lowest BCUT2D eigenvalue weighted by atomic mass is 10.2. The average molecular weight is 289 g/mol. The van der Waals surface area contributed by atoms with Gasteiger partial charge in [0.25, 0.3) is 0 Å². The highest BCUT2D eigenvalue weighted by molar-refractivity contribution is 9.10. The molecule has 1 aliphatic rings. The third-order valence-electron chi connectivity index (χ3n) is 2.62. The number of nitrogen functional groups attached to an aromatic ring is 1. The van der Waals surface area contributed by atoms with Crippen LogP contribution < -0.4 is 16.4 Å². The van der Waals surface area contributed by atoms with Gasteiger partial charge in [-0.2, -0.15) is 0 Å². The van der Waals surface area contributed by atoms with Crippen LogP contribution in [0.1, 0.15) is 11.7 Å². The molecule has 0 bridgehead atoms. The third kappa shape index (κ3) is 1.72. The first kappa shape index (κ1) is 10.4. The second kappa shape index (κ2) is 3.92. The first-order chi connectivity index (χ1) is 8.25. The molecule has 1 aromatic heterocycles. The van der Waals surface area contributed by atoms with Gasteiger partial charge in [0, 0.05) is 23.6 Å². The van der Waals surface area contributed by atoms with Crippen molar-refractivity contribution in [2.45, 2.75) is 6.17 Å². The van der Waals surface area contributed by atoms with Crippen LogP contribution in [0.15, 0.2) is 51.1 Å². The molecule has 2 aromatic rings. The summed E-state index contributed by atoms with van der Waals surface area (Å²) < 4.78 is 0.810. The van der Waals surface area contributed by atoms with Crippen molar-refractivity contribution in [3.8, 4) is 0 Å². The summed E-state index contributed by atoms with van der Waals surface area (Å²) >= 11 is 3.44. The maximum Gasteiger partial charge on any atom is 0.168 e. The fourth-order valence-corrected chi connectivity index (χ4v) is 2.20. The minimum atomic E-state index is -0.211. The molecular weight excluding hydrogens is 280 g/mol. The van der Waals surface area contributed by atoms with Gasteiger partial charge in [0.2, 0.25) is 0 Å². The van der Waals surface area contributed by atoms with Gasteiger partial charge in [-0.3, -0.25) is 15.0 Å². The molecule has 4 nitrogen and oxygen atoms in total. The molecule has 17 heavy (non-hydrogen) atoms. The zero-order valence-corrected chi connectivity index (χ0v) is 10.4. The molecule has 0 fully saturated rings. The number of rotatable bonds is 1. The Morgan fingerprint density at radius 2 is 2.06 bits per heavy atom.